The summed E-state index contributed by atoms with van der Waals surface area (Å²) in [6.07, 6.45) is -0.561. The Morgan fingerprint density at radius 3 is 2.24 bits per heavy atom. The van der Waals surface area contributed by atoms with Crippen LogP contribution in [0.2, 0.25) is 13.1 Å². The number of hydrogen-bond acceptors (Lipinski definition) is 4. The van der Waals surface area contributed by atoms with Crippen LogP contribution in [0.15, 0.2) is 83.3 Å². The molecule has 0 N–H and O–H groups in total. The molecule has 1 aliphatic heterocycles. The Morgan fingerprint density at radius 2 is 1.61 bits per heavy atom. The Hall–Kier alpha value is -2.90. The van der Waals surface area contributed by atoms with Gasteiger partial charge < -0.3 is 9.47 Å². The highest BCUT2D eigenvalue weighted by Gasteiger charge is 2.54. The molecule has 1 amide bonds. The number of benzene rings is 3. The lowest BCUT2D eigenvalue weighted by Crippen LogP contribution is -2.56. The molecule has 3 aromatic rings. The molecule has 3 aromatic carbocycles. The number of carbonyl (C=O) groups is 2. The highest BCUT2D eigenvalue weighted by Crippen LogP contribution is 2.47. The number of esters is 1. The maximum absolute atomic E-state index is 13.4. The zero-order valence-corrected chi connectivity index (χ0v) is 21.4. The Bertz CT molecular complexity index is 1150. The van der Waals surface area contributed by atoms with Crippen molar-refractivity contribution in [3.63, 3.8) is 0 Å². The average Bonchev–Trinajstić information content (AvgIpc) is 3.18. The van der Waals surface area contributed by atoms with Crippen molar-refractivity contribution in [2.75, 3.05) is 12.0 Å². The third-order valence-electron chi connectivity index (χ3n) is 6.32. The summed E-state index contributed by atoms with van der Waals surface area (Å²) in [5.41, 5.74) is 2.33. The van der Waals surface area contributed by atoms with E-state index >= 15 is 0 Å². The summed E-state index contributed by atoms with van der Waals surface area (Å²) in [5.74, 6) is -0.444. The van der Waals surface area contributed by atoms with Crippen LogP contribution in [0.25, 0.3) is 0 Å². The number of fused-ring (bicyclic) bond motifs is 1. The Morgan fingerprint density at radius 1 is 0.970 bits per heavy atom. The zero-order chi connectivity index (χ0) is 23.6. The van der Waals surface area contributed by atoms with Crippen LogP contribution in [0.3, 0.4) is 0 Å². The number of rotatable bonds is 5. The minimum atomic E-state index is -2.30. The first-order valence-electron chi connectivity index (χ1n) is 10.8. The van der Waals surface area contributed by atoms with Gasteiger partial charge in [0.2, 0.25) is 0 Å². The third kappa shape index (κ3) is 4.47. The maximum Gasteiger partial charge on any atom is 0.415 e. The van der Waals surface area contributed by atoms with E-state index in [0.717, 1.165) is 15.6 Å². The first kappa shape index (κ1) is 23.3. The first-order chi connectivity index (χ1) is 15.8. The van der Waals surface area contributed by atoms with Crippen LogP contribution in [0, 0.1) is 0 Å². The van der Waals surface area contributed by atoms with Gasteiger partial charge in [-0.15, -0.1) is 0 Å². The van der Waals surface area contributed by atoms with E-state index in [0.29, 0.717) is 5.69 Å². The molecule has 0 spiro atoms. The van der Waals surface area contributed by atoms with Crippen molar-refractivity contribution < 1.29 is 19.1 Å². The van der Waals surface area contributed by atoms with Gasteiger partial charge in [-0.3, -0.25) is 4.90 Å². The number of amides is 1. The van der Waals surface area contributed by atoms with Gasteiger partial charge in [-0.1, -0.05) is 101 Å². The number of hydrogen-bond donors (Lipinski definition) is 0. The molecule has 4 rings (SSSR count). The summed E-state index contributed by atoms with van der Waals surface area (Å²) in [6.45, 7) is 4.58. The quantitative estimate of drug-likeness (QED) is 0.332. The fourth-order valence-electron chi connectivity index (χ4n) is 4.65. The van der Waals surface area contributed by atoms with Crippen LogP contribution in [0.1, 0.15) is 16.7 Å². The van der Waals surface area contributed by atoms with Gasteiger partial charge in [-0.2, -0.15) is 0 Å². The summed E-state index contributed by atoms with van der Waals surface area (Å²) >= 11 is 3.52. The molecule has 0 aliphatic carbocycles. The van der Waals surface area contributed by atoms with Crippen molar-refractivity contribution in [1.82, 2.24) is 0 Å². The summed E-state index contributed by atoms with van der Waals surface area (Å²) in [5, 5.41) is 1.21. The second-order valence-electron chi connectivity index (χ2n) is 8.65. The van der Waals surface area contributed by atoms with Gasteiger partial charge in [0.15, 0.2) is 0 Å². The van der Waals surface area contributed by atoms with Crippen molar-refractivity contribution >= 4 is 46.9 Å². The van der Waals surface area contributed by atoms with Crippen LogP contribution in [-0.2, 0) is 20.9 Å². The molecule has 5 nitrogen and oxygen atoms in total. The standard InChI is InChI=1S/C26H26BrNO4Si/c1-31-25(29)23-24(33(2,3)20-12-8-5-9-13-20)21-15-14-19(27)16-22(21)28(23)26(30)32-17-18-10-6-4-7-11-18/h4-16,23-24H,17H2,1-3H3/t23-,24-/m1/s1. The van der Waals surface area contributed by atoms with Gasteiger partial charge in [-0.05, 0) is 23.3 Å². The maximum atomic E-state index is 13.4. The smallest absolute Gasteiger partial charge is 0.415 e. The summed E-state index contributed by atoms with van der Waals surface area (Å²) in [7, 11) is -0.933. The van der Waals surface area contributed by atoms with E-state index in [2.05, 4.69) is 41.2 Å². The first-order valence-corrected chi connectivity index (χ1v) is 14.6. The van der Waals surface area contributed by atoms with Crippen molar-refractivity contribution in [2.24, 2.45) is 0 Å². The van der Waals surface area contributed by atoms with Crippen LogP contribution in [0.5, 0.6) is 0 Å². The number of anilines is 1. The molecule has 7 heteroatoms. The van der Waals surface area contributed by atoms with Gasteiger partial charge in [0.1, 0.15) is 12.6 Å². The van der Waals surface area contributed by atoms with Crippen molar-refractivity contribution in [3.8, 4) is 0 Å². The average molecular weight is 524 g/mol. The minimum Gasteiger partial charge on any atom is -0.467 e. The topological polar surface area (TPSA) is 55.8 Å². The van der Waals surface area contributed by atoms with E-state index in [1.165, 1.54) is 17.2 Å². The molecule has 0 fully saturated rings. The number of carbonyl (C=O) groups excluding carboxylic acids is 2. The molecule has 0 aromatic heterocycles. The van der Waals surface area contributed by atoms with Gasteiger partial charge in [0.05, 0.1) is 20.9 Å². The number of methoxy groups -OCH3 is 1. The molecule has 0 unspecified atom stereocenters. The molecule has 0 radical (unpaired) electrons. The molecule has 0 saturated heterocycles. The lowest BCUT2D eigenvalue weighted by Gasteiger charge is -2.35. The number of nitrogens with zero attached hydrogens (tertiary/aromatic N) is 1. The minimum absolute atomic E-state index is 0.123. The molecule has 0 bridgehead atoms. The van der Waals surface area contributed by atoms with Gasteiger partial charge in [0, 0.05) is 10.0 Å². The van der Waals surface area contributed by atoms with Crippen molar-refractivity contribution in [1.29, 1.82) is 0 Å². The highest BCUT2D eigenvalue weighted by molar-refractivity contribution is 9.10. The second kappa shape index (κ2) is 9.53. The number of ether oxygens (including phenoxy) is 2. The third-order valence-corrected chi connectivity index (χ3v) is 10.8. The SMILES string of the molecule is COC(=O)[C@H]1[C@H]([Si](C)(C)c2ccccc2)c2ccc(Br)cc2N1C(=O)OCc1ccccc1. The summed E-state index contributed by atoms with van der Waals surface area (Å²) in [6, 6.07) is 24.8. The second-order valence-corrected chi connectivity index (χ2v) is 14.2. The molecule has 1 aliphatic rings. The molecular weight excluding hydrogens is 498 g/mol. The lowest BCUT2D eigenvalue weighted by atomic mass is 10.1. The van der Waals surface area contributed by atoms with Crippen molar-refractivity contribution in [2.45, 2.75) is 31.3 Å². The van der Waals surface area contributed by atoms with E-state index in [1.807, 2.05) is 66.7 Å². The molecule has 0 saturated carbocycles. The van der Waals surface area contributed by atoms with E-state index in [-0.39, 0.29) is 12.1 Å². The van der Waals surface area contributed by atoms with Gasteiger partial charge >= 0.3 is 12.1 Å². The Labute approximate surface area is 203 Å². The van der Waals surface area contributed by atoms with Crippen LogP contribution in [-0.4, -0.2) is 33.3 Å². The molecule has 2 atom stereocenters. The van der Waals surface area contributed by atoms with Crippen molar-refractivity contribution in [3.05, 3.63) is 94.5 Å². The van der Waals surface area contributed by atoms with Crippen LogP contribution in [0.4, 0.5) is 10.5 Å². The summed E-state index contributed by atoms with van der Waals surface area (Å²) < 4.78 is 11.7. The predicted octanol–water partition coefficient (Wildman–Crippen LogP) is 5.39. The highest BCUT2D eigenvalue weighted by atomic mass is 79.9. The van der Waals surface area contributed by atoms with E-state index < -0.39 is 26.2 Å². The fraction of sp³-hybridized carbons (Fsp3) is 0.231. The van der Waals surface area contributed by atoms with E-state index in [1.54, 1.807) is 0 Å². The van der Waals surface area contributed by atoms with E-state index in [4.69, 9.17) is 9.47 Å². The van der Waals surface area contributed by atoms with E-state index in [9.17, 15) is 9.59 Å². The van der Waals surface area contributed by atoms with Crippen LogP contribution < -0.4 is 10.1 Å². The number of halogens is 1. The fourth-order valence-corrected chi connectivity index (χ4v) is 8.51. The van der Waals surface area contributed by atoms with Gasteiger partial charge in [-0.25, -0.2) is 9.59 Å². The molecule has 170 valence electrons. The molecule has 33 heavy (non-hydrogen) atoms. The summed E-state index contributed by atoms with van der Waals surface area (Å²) in [4.78, 5) is 28.1. The Kier molecular flexibility index (Phi) is 6.72. The molecular formula is C26H26BrNO4Si. The van der Waals surface area contributed by atoms with Gasteiger partial charge in [0.25, 0.3) is 0 Å². The predicted molar refractivity (Wildman–Crippen MR) is 135 cm³/mol. The lowest BCUT2D eigenvalue weighted by molar-refractivity contribution is -0.142. The Balaban J connectivity index is 1.78. The zero-order valence-electron chi connectivity index (χ0n) is 18.8. The molecule has 1 heterocycles. The van der Waals surface area contributed by atoms with Crippen LogP contribution >= 0.6 is 15.9 Å². The largest absolute Gasteiger partial charge is 0.467 e. The monoisotopic (exact) mass is 523 g/mol. The normalized spacial score (nSPS) is 17.4.